The lowest BCUT2D eigenvalue weighted by Crippen LogP contribution is -2.39. The molecule has 1 atom stereocenters. The number of furan rings is 2. The number of hydrogen-bond donors (Lipinski definition) is 0. The van der Waals surface area contributed by atoms with Crippen LogP contribution >= 0.6 is 46.1 Å². The molecule has 4 heterocycles. The minimum atomic E-state index is -1.04. The molecule has 2 aromatic carbocycles. The molecule has 6 rings (SSSR count). The van der Waals surface area contributed by atoms with Gasteiger partial charge >= 0.3 is 5.97 Å². The summed E-state index contributed by atoms with van der Waals surface area (Å²) >= 11 is 19.7. The van der Waals surface area contributed by atoms with Crippen molar-refractivity contribution in [2.45, 2.75) is 19.9 Å². The lowest BCUT2D eigenvalue weighted by Gasteiger charge is -2.22. The normalized spacial score (nSPS) is 14.8. The van der Waals surface area contributed by atoms with Crippen molar-refractivity contribution in [2.75, 3.05) is 6.61 Å². The number of hydrogen-bond acceptors (Lipinski definition) is 9. The van der Waals surface area contributed by atoms with Gasteiger partial charge in [0.15, 0.2) is 4.80 Å². The Morgan fingerprint density at radius 3 is 2.53 bits per heavy atom. The molecule has 3 aromatic heterocycles. The zero-order chi connectivity index (χ0) is 32.0. The number of esters is 1. The fourth-order valence-corrected chi connectivity index (χ4v) is 6.42. The average Bonchev–Trinajstić information content (AvgIpc) is 3.74. The Morgan fingerprint density at radius 2 is 1.80 bits per heavy atom. The van der Waals surface area contributed by atoms with Gasteiger partial charge in [-0.1, -0.05) is 46.1 Å². The first-order valence-corrected chi connectivity index (χ1v) is 15.3. The molecule has 14 heteroatoms. The highest BCUT2D eigenvalue weighted by Gasteiger charge is 2.35. The Kier molecular flexibility index (Phi) is 8.27. The van der Waals surface area contributed by atoms with Crippen LogP contribution in [0.25, 0.3) is 28.7 Å². The van der Waals surface area contributed by atoms with Gasteiger partial charge in [0, 0.05) is 29.3 Å². The molecule has 0 aliphatic carbocycles. The summed E-state index contributed by atoms with van der Waals surface area (Å²) in [7, 11) is 0. The van der Waals surface area contributed by atoms with Gasteiger partial charge in [-0.2, -0.15) is 0 Å². The van der Waals surface area contributed by atoms with Gasteiger partial charge in [-0.25, -0.2) is 9.79 Å². The number of benzene rings is 2. The summed E-state index contributed by atoms with van der Waals surface area (Å²) in [6.07, 6.45) is 1.59. The highest BCUT2D eigenvalue weighted by Crippen LogP contribution is 2.37. The molecule has 0 fully saturated rings. The number of thiazole rings is 1. The molecule has 0 N–H and O–H groups in total. The van der Waals surface area contributed by atoms with E-state index in [4.69, 9.17) is 48.4 Å². The van der Waals surface area contributed by atoms with E-state index in [1.165, 1.54) is 22.8 Å². The number of fused-ring (bicyclic) bond motifs is 1. The SMILES string of the molecule is CCOC(=O)C1=C(C)N=c2s/c(=C\c3ccc(-c4ccc(Cl)c(Cl)c4)o3)c(=O)n2[C@@H]1c1ccc(-c2cc([N+](=O)[O-])ccc2Cl)o1. The molecular formula is C31H20Cl3N3O7S. The van der Waals surface area contributed by atoms with Crippen LogP contribution in [-0.2, 0) is 9.53 Å². The van der Waals surface area contributed by atoms with Crippen molar-refractivity contribution < 1.29 is 23.3 Å². The zero-order valence-electron chi connectivity index (χ0n) is 23.4. The van der Waals surface area contributed by atoms with Crippen molar-refractivity contribution in [1.82, 2.24) is 4.57 Å². The summed E-state index contributed by atoms with van der Waals surface area (Å²) in [6.45, 7) is 3.41. The Labute approximate surface area is 273 Å². The standard InChI is InChI=1S/C31H20Cl3N3O7S/c1-3-42-30(39)27-15(2)35-31-36(28(27)25-11-10-24(44-25)19-13-17(37(40)41)5-8-20(19)32)29(38)26(45-31)14-18-6-9-23(43-18)16-4-7-21(33)22(34)12-16/h4-14,28H,3H2,1-2H3/b26-14-/t28-/m1/s1. The predicted molar refractivity (Wildman–Crippen MR) is 170 cm³/mol. The van der Waals surface area contributed by atoms with Crippen molar-refractivity contribution in [3.8, 4) is 22.6 Å². The van der Waals surface area contributed by atoms with Gasteiger partial charge in [0.25, 0.3) is 11.2 Å². The van der Waals surface area contributed by atoms with Crippen LogP contribution < -0.4 is 14.9 Å². The smallest absolute Gasteiger partial charge is 0.338 e. The molecule has 0 saturated heterocycles. The maximum absolute atomic E-state index is 13.9. The Balaban J connectivity index is 1.46. The lowest BCUT2D eigenvalue weighted by atomic mass is 10.0. The minimum Gasteiger partial charge on any atom is -0.463 e. The van der Waals surface area contributed by atoms with E-state index in [0.717, 1.165) is 11.3 Å². The van der Waals surface area contributed by atoms with Crippen LogP contribution in [0.3, 0.4) is 0 Å². The third-order valence-electron chi connectivity index (χ3n) is 6.94. The van der Waals surface area contributed by atoms with Crippen LogP contribution in [0.4, 0.5) is 5.69 Å². The summed E-state index contributed by atoms with van der Waals surface area (Å²) in [5.41, 5.74) is 0.816. The van der Waals surface area contributed by atoms with Gasteiger partial charge in [0.2, 0.25) is 0 Å². The van der Waals surface area contributed by atoms with Crippen molar-refractivity contribution in [3.63, 3.8) is 0 Å². The monoisotopic (exact) mass is 683 g/mol. The second-order valence-corrected chi connectivity index (χ2v) is 12.0. The number of aromatic nitrogens is 1. The van der Waals surface area contributed by atoms with E-state index in [0.29, 0.717) is 42.2 Å². The number of rotatable bonds is 7. The van der Waals surface area contributed by atoms with Crippen LogP contribution in [0.2, 0.25) is 15.1 Å². The largest absolute Gasteiger partial charge is 0.463 e. The van der Waals surface area contributed by atoms with E-state index in [9.17, 15) is 19.7 Å². The Bertz CT molecular complexity index is 2230. The first kappa shape index (κ1) is 30.6. The summed E-state index contributed by atoms with van der Waals surface area (Å²) in [6, 6.07) is 14.7. The zero-order valence-corrected chi connectivity index (χ0v) is 26.5. The van der Waals surface area contributed by atoms with Gasteiger partial charge in [-0.15, -0.1) is 0 Å². The fraction of sp³-hybridized carbons (Fsp3) is 0.129. The molecule has 1 aliphatic rings. The maximum Gasteiger partial charge on any atom is 0.338 e. The number of carbonyl (C=O) groups excluding carboxylic acids is 1. The molecule has 1 aliphatic heterocycles. The highest BCUT2D eigenvalue weighted by molar-refractivity contribution is 7.07. The quantitative estimate of drug-likeness (QED) is 0.101. The molecule has 0 unspecified atom stereocenters. The van der Waals surface area contributed by atoms with E-state index < -0.39 is 22.5 Å². The average molecular weight is 685 g/mol. The van der Waals surface area contributed by atoms with Crippen LogP contribution in [0, 0.1) is 10.1 Å². The Morgan fingerprint density at radius 1 is 1.04 bits per heavy atom. The summed E-state index contributed by atoms with van der Waals surface area (Å²) < 4.78 is 19.1. The first-order valence-electron chi connectivity index (χ1n) is 13.3. The number of allylic oxidation sites excluding steroid dienone is 1. The van der Waals surface area contributed by atoms with E-state index in [1.807, 2.05) is 0 Å². The highest BCUT2D eigenvalue weighted by atomic mass is 35.5. The summed E-state index contributed by atoms with van der Waals surface area (Å²) in [5.74, 6) is 0.678. The number of nitro benzene ring substituents is 1. The third kappa shape index (κ3) is 5.75. The number of carbonyl (C=O) groups is 1. The molecule has 228 valence electrons. The molecule has 0 saturated carbocycles. The summed E-state index contributed by atoms with van der Waals surface area (Å²) in [4.78, 5) is 42.9. The topological polar surface area (TPSA) is 130 Å². The molecule has 45 heavy (non-hydrogen) atoms. The minimum absolute atomic E-state index is 0.0963. The lowest BCUT2D eigenvalue weighted by molar-refractivity contribution is -0.384. The van der Waals surface area contributed by atoms with Crippen LogP contribution in [0.1, 0.15) is 31.4 Å². The van der Waals surface area contributed by atoms with E-state index in [1.54, 1.807) is 62.4 Å². The van der Waals surface area contributed by atoms with E-state index in [2.05, 4.69) is 4.99 Å². The van der Waals surface area contributed by atoms with E-state index >= 15 is 0 Å². The second kappa shape index (κ2) is 12.2. The van der Waals surface area contributed by atoms with Gasteiger partial charge in [0.1, 0.15) is 29.1 Å². The summed E-state index contributed by atoms with van der Waals surface area (Å²) in [5, 5.41) is 12.4. The number of nitro groups is 1. The molecule has 10 nitrogen and oxygen atoms in total. The number of halogens is 3. The first-order chi connectivity index (χ1) is 21.5. The molecular weight excluding hydrogens is 665 g/mol. The Hall–Kier alpha value is -4.42. The van der Waals surface area contributed by atoms with Crippen molar-refractivity contribution in [1.29, 1.82) is 0 Å². The van der Waals surface area contributed by atoms with Crippen molar-refractivity contribution >= 4 is 63.9 Å². The number of non-ortho nitro benzene ring substituents is 1. The van der Waals surface area contributed by atoms with Crippen LogP contribution in [0.5, 0.6) is 0 Å². The predicted octanol–water partition coefficient (Wildman–Crippen LogP) is 7.19. The molecule has 0 spiro atoms. The van der Waals surface area contributed by atoms with Gasteiger partial charge in [0.05, 0.1) is 42.4 Å². The van der Waals surface area contributed by atoms with Crippen molar-refractivity contribution in [2.24, 2.45) is 4.99 Å². The molecule has 0 radical (unpaired) electrons. The van der Waals surface area contributed by atoms with Crippen LogP contribution in [0.15, 0.2) is 90.6 Å². The van der Waals surface area contributed by atoms with Gasteiger partial charge in [-0.05, 0) is 62.4 Å². The van der Waals surface area contributed by atoms with Gasteiger partial charge < -0.3 is 13.6 Å². The maximum atomic E-state index is 13.9. The van der Waals surface area contributed by atoms with Crippen molar-refractivity contribution in [3.05, 3.63) is 128 Å². The van der Waals surface area contributed by atoms with Gasteiger partial charge in [-0.3, -0.25) is 19.5 Å². The molecule has 0 amide bonds. The number of nitrogens with zero attached hydrogens (tertiary/aromatic N) is 3. The number of ether oxygens (including phenoxy) is 1. The second-order valence-electron chi connectivity index (χ2n) is 9.76. The molecule has 0 bridgehead atoms. The third-order valence-corrected chi connectivity index (χ3v) is 9.00. The van der Waals surface area contributed by atoms with E-state index in [-0.39, 0.29) is 40.0 Å². The van der Waals surface area contributed by atoms with Crippen LogP contribution in [-0.4, -0.2) is 22.1 Å². The fourth-order valence-electron chi connectivity index (χ4n) is 4.89. The molecule has 5 aromatic rings.